The summed E-state index contributed by atoms with van der Waals surface area (Å²) in [6.45, 7) is 0. The Bertz CT molecular complexity index is 579. The van der Waals surface area contributed by atoms with Crippen molar-refractivity contribution in [2.75, 3.05) is 7.05 Å². The van der Waals surface area contributed by atoms with E-state index in [0.29, 0.717) is 6.04 Å². The number of hydrogen-bond acceptors (Lipinski definition) is 2. The van der Waals surface area contributed by atoms with E-state index in [9.17, 15) is 0 Å². The van der Waals surface area contributed by atoms with Crippen LogP contribution >= 0.6 is 0 Å². The van der Waals surface area contributed by atoms with Gasteiger partial charge in [-0.1, -0.05) is 37.8 Å². The molecular weight excluding hydrogens is 258 g/mol. The van der Waals surface area contributed by atoms with Crippen LogP contribution in [-0.2, 0) is 13.5 Å². The molecule has 0 aliphatic heterocycles. The summed E-state index contributed by atoms with van der Waals surface area (Å²) in [5, 5.41) is 3.57. The number of nitrogens with zero attached hydrogens (tertiary/aromatic N) is 2. The lowest BCUT2D eigenvalue weighted by molar-refractivity contribution is 0.327. The highest BCUT2D eigenvalue weighted by Crippen LogP contribution is 2.27. The van der Waals surface area contributed by atoms with Gasteiger partial charge >= 0.3 is 0 Å². The van der Waals surface area contributed by atoms with E-state index in [2.05, 4.69) is 48.2 Å². The maximum Gasteiger partial charge on any atom is 0.111 e. The first-order chi connectivity index (χ1) is 10.3. The lowest BCUT2D eigenvalue weighted by Crippen LogP contribution is -2.36. The molecule has 21 heavy (non-hydrogen) atoms. The van der Waals surface area contributed by atoms with Gasteiger partial charge in [-0.2, -0.15) is 0 Å². The summed E-state index contributed by atoms with van der Waals surface area (Å²) in [4.78, 5) is 4.84. The van der Waals surface area contributed by atoms with E-state index in [0.717, 1.165) is 17.9 Å². The van der Waals surface area contributed by atoms with Crippen molar-refractivity contribution in [1.29, 1.82) is 0 Å². The van der Waals surface area contributed by atoms with Crippen LogP contribution < -0.4 is 5.32 Å². The summed E-state index contributed by atoms with van der Waals surface area (Å²) in [5.74, 6) is 2.01. The molecule has 1 aromatic carbocycles. The summed E-state index contributed by atoms with van der Waals surface area (Å²) in [6, 6.07) is 8.98. The zero-order valence-electron chi connectivity index (χ0n) is 13.3. The summed E-state index contributed by atoms with van der Waals surface area (Å²) in [7, 11) is 4.25. The lowest BCUT2D eigenvalue weighted by atomic mass is 9.89. The zero-order valence-corrected chi connectivity index (χ0v) is 13.3. The topological polar surface area (TPSA) is 29.9 Å². The maximum absolute atomic E-state index is 4.84. The van der Waals surface area contributed by atoms with Crippen LogP contribution in [0.25, 0.3) is 11.0 Å². The fourth-order valence-corrected chi connectivity index (χ4v) is 3.79. The van der Waals surface area contributed by atoms with E-state index in [-0.39, 0.29) is 0 Å². The highest BCUT2D eigenvalue weighted by atomic mass is 15.1. The summed E-state index contributed by atoms with van der Waals surface area (Å²) >= 11 is 0. The minimum Gasteiger partial charge on any atom is -0.331 e. The number of rotatable bonds is 4. The van der Waals surface area contributed by atoms with Gasteiger partial charge in [-0.15, -0.1) is 0 Å². The Morgan fingerprint density at radius 1 is 1.19 bits per heavy atom. The number of likely N-dealkylation sites (N-methyl/N-ethyl adjacent to an activating group) is 1. The molecule has 1 saturated carbocycles. The molecule has 3 rings (SSSR count). The van der Waals surface area contributed by atoms with Gasteiger partial charge in [0.25, 0.3) is 0 Å². The SMILES string of the molecule is CNC(Cc1nc2ccccc2n1C)C1CCCCCC1. The van der Waals surface area contributed by atoms with E-state index >= 15 is 0 Å². The number of fused-ring (bicyclic) bond motifs is 1. The molecule has 1 aliphatic rings. The van der Waals surface area contributed by atoms with Crippen LogP contribution in [0, 0.1) is 5.92 Å². The van der Waals surface area contributed by atoms with E-state index in [4.69, 9.17) is 4.98 Å². The fourth-order valence-electron chi connectivity index (χ4n) is 3.79. The first-order valence-electron chi connectivity index (χ1n) is 8.37. The van der Waals surface area contributed by atoms with Gasteiger partial charge in [0.05, 0.1) is 11.0 Å². The van der Waals surface area contributed by atoms with Crippen molar-refractivity contribution in [3.63, 3.8) is 0 Å². The number of benzene rings is 1. The number of aryl methyl sites for hydroxylation is 1. The van der Waals surface area contributed by atoms with Crippen LogP contribution in [0.5, 0.6) is 0 Å². The van der Waals surface area contributed by atoms with Gasteiger partial charge in [-0.25, -0.2) is 4.98 Å². The zero-order chi connectivity index (χ0) is 14.7. The molecule has 1 unspecified atom stereocenters. The van der Waals surface area contributed by atoms with E-state index in [1.54, 1.807) is 0 Å². The average molecular weight is 285 g/mol. The lowest BCUT2D eigenvalue weighted by Gasteiger charge is -2.25. The predicted molar refractivity (Wildman–Crippen MR) is 88.5 cm³/mol. The van der Waals surface area contributed by atoms with Gasteiger partial charge in [0.1, 0.15) is 5.82 Å². The van der Waals surface area contributed by atoms with Crippen molar-refractivity contribution in [1.82, 2.24) is 14.9 Å². The molecule has 1 heterocycles. The number of nitrogens with one attached hydrogen (secondary N) is 1. The summed E-state index contributed by atoms with van der Waals surface area (Å²) < 4.78 is 2.26. The summed E-state index contributed by atoms with van der Waals surface area (Å²) in [5.41, 5.74) is 2.36. The molecular formula is C18H27N3. The van der Waals surface area contributed by atoms with E-state index < -0.39 is 0 Å². The maximum atomic E-state index is 4.84. The third-order valence-corrected chi connectivity index (χ3v) is 5.12. The van der Waals surface area contributed by atoms with Gasteiger partial charge in [0.15, 0.2) is 0 Å². The Morgan fingerprint density at radius 2 is 1.90 bits per heavy atom. The molecule has 1 fully saturated rings. The van der Waals surface area contributed by atoms with Crippen molar-refractivity contribution < 1.29 is 0 Å². The standard InChI is InChI=1S/C18H27N3/c1-19-16(14-9-5-3-4-6-10-14)13-18-20-15-11-7-8-12-17(15)21(18)2/h7-8,11-12,14,16,19H,3-6,9-10,13H2,1-2H3. The largest absolute Gasteiger partial charge is 0.331 e. The molecule has 1 atom stereocenters. The first-order valence-corrected chi connectivity index (χ1v) is 8.37. The predicted octanol–water partition coefficient (Wildman–Crippen LogP) is 3.67. The van der Waals surface area contributed by atoms with Crippen molar-refractivity contribution in [2.24, 2.45) is 13.0 Å². The second-order valence-corrected chi connectivity index (χ2v) is 6.43. The first kappa shape index (κ1) is 14.6. The number of aromatic nitrogens is 2. The normalized spacial score (nSPS) is 18.8. The molecule has 2 aromatic rings. The molecule has 3 nitrogen and oxygen atoms in total. The quantitative estimate of drug-likeness (QED) is 0.869. The van der Waals surface area contributed by atoms with Gasteiger partial charge < -0.3 is 9.88 Å². The van der Waals surface area contributed by atoms with E-state index in [1.807, 2.05) is 0 Å². The van der Waals surface area contributed by atoms with Crippen molar-refractivity contribution in [3.8, 4) is 0 Å². The third kappa shape index (κ3) is 3.13. The molecule has 114 valence electrons. The van der Waals surface area contributed by atoms with Crippen LogP contribution in [0.15, 0.2) is 24.3 Å². The Kier molecular flexibility index (Phi) is 4.59. The van der Waals surface area contributed by atoms with Crippen molar-refractivity contribution in [3.05, 3.63) is 30.1 Å². The van der Waals surface area contributed by atoms with Crippen LogP contribution in [0.3, 0.4) is 0 Å². The Hall–Kier alpha value is -1.35. The van der Waals surface area contributed by atoms with E-state index in [1.165, 1.54) is 49.9 Å². The van der Waals surface area contributed by atoms with Gasteiger partial charge in [0, 0.05) is 19.5 Å². The second kappa shape index (κ2) is 6.61. The number of hydrogen-bond donors (Lipinski definition) is 1. The Morgan fingerprint density at radius 3 is 2.57 bits per heavy atom. The molecule has 3 heteroatoms. The Balaban J connectivity index is 1.80. The Labute approximate surface area is 127 Å². The molecule has 1 aromatic heterocycles. The molecule has 1 N–H and O–H groups in total. The van der Waals surface area contributed by atoms with Gasteiger partial charge in [0.2, 0.25) is 0 Å². The smallest absolute Gasteiger partial charge is 0.111 e. The summed E-state index contributed by atoms with van der Waals surface area (Å²) in [6.07, 6.45) is 9.40. The molecule has 0 amide bonds. The highest BCUT2D eigenvalue weighted by Gasteiger charge is 2.23. The average Bonchev–Trinajstić information content (AvgIpc) is 2.71. The van der Waals surface area contributed by atoms with Gasteiger partial charge in [-0.05, 0) is 37.9 Å². The second-order valence-electron chi connectivity index (χ2n) is 6.43. The minimum absolute atomic E-state index is 0.554. The number of imidazole rings is 1. The molecule has 0 bridgehead atoms. The number of para-hydroxylation sites is 2. The monoisotopic (exact) mass is 285 g/mol. The minimum atomic E-state index is 0.554. The van der Waals surface area contributed by atoms with Crippen molar-refractivity contribution in [2.45, 2.75) is 51.0 Å². The third-order valence-electron chi connectivity index (χ3n) is 5.12. The van der Waals surface area contributed by atoms with Crippen molar-refractivity contribution >= 4 is 11.0 Å². The molecule has 0 spiro atoms. The highest BCUT2D eigenvalue weighted by molar-refractivity contribution is 5.75. The molecule has 1 aliphatic carbocycles. The van der Waals surface area contributed by atoms with Crippen LogP contribution in [-0.4, -0.2) is 22.6 Å². The molecule has 0 saturated heterocycles. The van der Waals surface area contributed by atoms with Crippen LogP contribution in [0.4, 0.5) is 0 Å². The fraction of sp³-hybridized carbons (Fsp3) is 0.611. The van der Waals surface area contributed by atoms with Gasteiger partial charge in [-0.3, -0.25) is 0 Å². The van der Waals surface area contributed by atoms with Crippen LogP contribution in [0.2, 0.25) is 0 Å². The van der Waals surface area contributed by atoms with Crippen LogP contribution in [0.1, 0.15) is 44.3 Å². The molecule has 0 radical (unpaired) electrons.